The van der Waals surface area contributed by atoms with E-state index >= 15 is 0 Å². The molecule has 1 heterocycles. The summed E-state index contributed by atoms with van der Waals surface area (Å²) in [6.45, 7) is 0. The second-order valence-corrected chi connectivity index (χ2v) is 4.93. The molecule has 0 aliphatic heterocycles. The lowest BCUT2D eigenvalue weighted by atomic mass is 10.2. The van der Waals surface area contributed by atoms with Crippen molar-refractivity contribution in [3.05, 3.63) is 58.2 Å². The molecule has 0 saturated heterocycles. The molecule has 22 heavy (non-hydrogen) atoms. The molecule has 1 amide bonds. The number of rotatable bonds is 4. The van der Waals surface area contributed by atoms with Crippen LogP contribution in [0.5, 0.6) is 0 Å². The van der Waals surface area contributed by atoms with Crippen molar-refractivity contribution in [3.8, 4) is 0 Å². The Morgan fingerprint density at radius 1 is 1.23 bits per heavy atom. The van der Waals surface area contributed by atoms with E-state index in [2.05, 4.69) is 15.0 Å². The maximum atomic E-state index is 12.2. The molecular formula is C14H10Cl2N2O4. The number of amides is 1. The third-order valence-electron chi connectivity index (χ3n) is 2.64. The molecule has 1 N–H and O–H groups in total. The zero-order valence-corrected chi connectivity index (χ0v) is 12.8. The third kappa shape index (κ3) is 3.47. The van der Waals surface area contributed by atoms with Crippen molar-refractivity contribution in [2.45, 2.75) is 0 Å². The number of hydrogen-bond donors (Lipinski definition) is 1. The normalized spacial score (nSPS) is 9.95. The van der Waals surface area contributed by atoms with Gasteiger partial charge in [-0.1, -0.05) is 41.4 Å². The van der Waals surface area contributed by atoms with Gasteiger partial charge < -0.3 is 14.5 Å². The summed E-state index contributed by atoms with van der Waals surface area (Å²) >= 11 is 11.6. The van der Waals surface area contributed by atoms with Crippen molar-refractivity contribution in [1.82, 2.24) is 10.3 Å². The summed E-state index contributed by atoms with van der Waals surface area (Å²) in [5, 5.41) is 2.49. The lowest BCUT2D eigenvalue weighted by Gasteiger charge is -2.08. The van der Waals surface area contributed by atoms with Crippen molar-refractivity contribution in [2.24, 2.45) is 0 Å². The van der Waals surface area contributed by atoms with Gasteiger partial charge in [-0.2, -0.15) is 0 Å². The Hall–Kier alpha value is -2.31. The summed E-state index contributed by atoms with van der Waals surface area (Å²) in [5.41, 5.74) is 0.161. The number of methoxy groups -OCH3 is 1. The van der Waals surface area contributed by atoms with Gasteiger partial charge in [-0.15, -0.1) is 0 Å². The molecule has 0 spiro atoms. The predicted molar refractivity (Wildman–Crippen MR) is 80.4 cm³/mol. The summed E-state index contributed by atoms with van der Waals surface area (Å²) in [6.07, 6.45) is 1.02. The van der Waals surface area contributed by atoms with Gasteiger partial charge in [-0.3, -0.25) is 4.79 Å². The lowest BCUT2D eigenvalue weighted by molar-refractivity contribution is 0.0593. The first kappa shape index (κ1) is 16.1. The van der Waals surface area contributed by atoms with Crippen LogP contribution in [0.25, 0.3) is 5.70 Å². The van der Waals surface area contributed by atoms with E-state index in [4.69, 9.17) is 27.6 Å². The summed E-state index contributed by atoms with van der Waals surface area (Å²) in [4.78, 5) is 27.5. The van der Waals surface area contributed by atoms with Crippen LogP contribution in [0.2, 0.25) is 0 Å². The highest BCUT2D eigenvalue weighted by Gasteiger charge is 2.24. The zero-order valence-electron chi connectivity index (χ0n) is 11.3. The molecule has 114 valence electrons. The van der Waals surface area contributed by atoms with Crippen LogP contribution in [-0.2, 0) is 4.74 Å². The Bertz CT molecular complexity index is 721. The molecule has 2 aromatic rings. The second kappa shape index (κ2) is 7.11. The van der Waals surface area contributed by atoms with Crippen LogP contribution in [0.15, 0.2) is 45.6 Å². The van der Waals surface area contributed by atoms with E-state index in [1.54, 1.807) is 30.3 Å². The average Bonchev–Trinajstić information content (AvgIpc) is 3.01. The Morgan fingerprint density at radius 2 is 1.91 bits per heavy atom. The van der Waals surface area contributed by atoms with E-state index in [0.29, 0.717) is 5.56 Å². The number of ether oxygens (including phenoxy) is 1. The molecule has 6 nitrogen and oxygen atoms in total. The highest BCUT2D eigenvalue weighted by atomic mass is 35.5. The van der Waals surface area contributed by atoms with Gasteiger partial charge in [-0.05, 0) is 12.1 Å². The summed E-state index contributed by atoms with van der Waals surface area (Å²) in [5.74, 6) is -1.30. The molecule has 0 fully saturated rings. The number of halogens is 2. The molecule has 0 unspecified atom stereocenters. The smallest absolute Gasteiger partial charge is 0.360 e. The van der Waals surface area contributed by atoms with Crippen LogP contribution in [0.4, 0.5) is 0 Å². The van der Waals surface area contributed by atoms with Crippen molar-refractivity contribution in [1.29, 1.82) is 0 Å². The van der Waals surface area contributed by atoms with Gasteiger partial charge >= 0.3 is 5.97 Å². The molecule has 0 atom stereocenters. The van der Waals surface area contributed by atoms with E-state index in [0.717, 1.165) is 6.39 Å². The fraction of sp³-hybridized carbons (Fsp3) is 0.0714. The quantitative estimate of drug-likeness (QED) is 0.865. The number of benzene rings is 1. The van der Waals surface area contributed by atoms with Gasteiger partial charge in [-0.25, -0.2) is 9.78 Å². The Balaban J connectivity index is 2.34. The van der Waals surface area contributed by atoms with Gasteiger partial charge in [0.15, 0.2) is 17.8 Å². The van der Waals surface area contributed by atoms with Crippen LogP contribution >= 0.6 is 23.2 Å². The predicted octanol–water partition coefficient (Wildman–Crippen LogP) is 2.99. The van der Waals surface area contributed by atoms with Crippen molar-refractivity contribution >= 4 is 40.8 Å². The SMILES string of the molecule is COC(=O)c1ncoc1C(NC(=O)c1ccccc1)=C(Cl)Cl. The fourth-order valence-corrected chi connectivity index (χ4v) is 1.90. The number of carbonyl (C=O) groups excluding carboxylic acids is 2. The van der Waals surface area contributed by atoms with Gasteiger partial charge in [0.2, 0.25) is 0 Å². The molecule has 8 heteroatoms. The summed E-state index contributed by atoms with van der Waals surface area (Å²) in [6, 6.07) is 8.39. The van der Waals surface area contributed by atoms with Crippen molar-refractivity contribution < 1.29 is 18.7 Å². The van der Waals surface area contributed by atoms with Gasteiger partial charge in [0.25, 0.3) is 5.91 Å². The Kier molecular flexibility index (Phi) is 5.19. The Labute approximate surface area is 135 Å². The van der Waals surface area contributed by atoms with E-state index in [9.17, 15) is 9.59 Å². The third-order valence-corrected chi connectivity index (χ3v) is 3.01. The maximum Gasteiger partial charge on any atom is 0.360 e. The minimum Gasteiger partial charge on any atom is -0.464 e. The number of aromatic nitrogens is 1. The van der Waals surface area contributed by atoms with Crippen LogP contribution in [0.1, 0.15) is 26.6 Å². The van der Waals surface area contributed by atoms with Crippen LogP contribution in [0.3, 0.4) is 0 Å². The first-order valence-corrected chi connectivity index (χ1v) is 6.74. The minimum absolute atomic E-state index is 0.0740. The van der Waals surface area contributed by atoms with Crippen LogP contribution < -0.4 is 5.32 Å². The monoisotopic (exact) mass is 340 g/mol. The number of nitrogens with zero attached hydrogens (tertiary/aromatic N) is 1. The zero-order chi connectivity index (χ0) is 16.1. The average molecular weight is 341 g/mol. The highest BCUT2D eigenvalue weighted by molar-refractivity contribution is 6.58. The number of esters is 1. The molecule has 2 rings (SSSR count). The van der Waals surface area contributed by atoms with Gasteiger partial charge in [0.05, 0.1) is 7.11 Å². The van der Waals surface area contributed by atoms with E-state index < -0.39 is 11.9 Å². The molecule has 0 aliphatic rings. The first-order chi connectivity index (χ1) is 10.5. The standard InChI is InChI=1S/C14H10Cl2N2O4/c1-21-14(20)10-11(22-7-17-10)9(12(15)16)18-13(19)8-5-3-2-4-6-8/h2-7H,1H3,(H,18,19). The number of nitrogens with one attached hydrogen (secondary N) is 1. The molecule has 1 aromatic heterocycles. The van der Waals surface area contributed by atoms with Gasteiger partial charge in [0, 0.05) is 5.56 Å². The number of hydrogen-bond acceptors (Lipinski definition) is 5. The number of oxazole rings is 1. The van der Waals surface area contributed by atoms with Crippen LogP contribution in [-0.4, -0.2) is 24.0 Å². The molecule has 1 aromatic carbocycles. The lowest BCUT2D eigenvalue weighted by Crippen LogP contribution is -2.23. The minimum atomic E-state index is -0.746. The Morgan fingerprint density at radius 3 is 2.50 bits per heavy atom. The molecule has 0 aliphatic carbocycles. The van der Waals surface area contributed by atoms with E-state index in [1.165, 1.54) is 7.11 Å². The fourth-order valence-electron chi connectivity index (χ4n) is 1.63. The number of carbonyl (C=O) groups is 2. The molecule has 0 saturated carbocycles. The maximum absolute atomic E-state index is 12.2. The van der Waals surface area contributed by atoms with Crippen LogP contribution in [0, 0.1) is 0 Å². The topological polar surface area (TPSA) is 81.4 Å². The van der Waals surface area contributed by atoms with Crippen molar-refractivity contribution in [3.63, 3.8) is 0 Å². The van der Waals surface area contributed by atoms with Gasteiger partial charge in [0.1, 0.15) is 10.2 Å². The second-order valence-electron chi connectivity index (χ2n) is 3.98. The highest BCUT2D eigenvalue weighted by Crippen LogP contribution is 2.25. The van der Waals surface area contributed by atoms with E-state index in [-0.39, 0.29) is 21.6 Å². The summed E-state index contributed by atoms with van der Waals surface area (Å²) in [7, 11) is 1.19. The molecular weight excluding hydrogens is 331 g/mol. The largest absolute Gasteiger partial charge is 0.464 e. The van der Waals surface area contributed by atoms with Crippen molar-refractivity contribution in [2.75, 3.05) is 7.11 Å². The first-order valence-electron chi connectivity index (χ1n) is 5.98. The van der Waals surface area contributed by atoms with E-state index in [1.807, 2.05) is 0 Å². The summed E-state index contributed by atoms with van der Waals surface area (Å²) < 4.78 is 9.38. The molecule has 0 bridgehead atoms. The molecule has 0 radical (unpaired) electrons.